The smallest absolute Gasteiger partial charge is 0.251 e. The van der Waals surface area contributed by atoms with Crippen LogP contribution in [0, 0.1) is 12.7 Å². The zero-order valence-electron chi connectivity index (χ0n) is 9.78. The van der Waals surface area contributed by atoms with Crippen LogP contribution in [-0.2, 0) is 6.54 Å². The van der Waals surface area contributed by atoms with Crippen LogP contribution in [0.2, 0.25) is 0 Å². The molecule has 0 spiro atoms. The van der Waals surface area contributed by atoms with Gasteiger partial charge in [-0.25, -0.2) is 4.39 Å². The Balaban J connectivity index is 2.40. The molecule has 18 heavy (non-hydrogen) atoms. The van der Waals surface area contributed by atoms with Crippen molar-refractivity contribution in [2.75, 3.05) is 5.73 Å². The number of anilines is 1. The fourth-order valence-corrected chi connectivity index (χ4v) is 1.97. The van der Waals surface area contributed by atoms with Crippen LogP contribution in [0.3, 0.4) is 0 Å². The van der Waals surface area contributed by atoms with Gasteiger partial charge in [-0.05, 0) is 24.6 Å². The summed E-state index contributed by atoms with van der Waals surface area (Å²) in [5.41, 5.74) is 7.25. The Labute approximate surface area is 112 Å². The average Bonchev–Trinajstić information content (AvgIpc) is 2.29. The third-order valence-electron chi connectivity index (χ3n) is 2.73. The summed E-state index contributed by atoms with van der Waals surface area (Å²) in [5, 5.41) is 0. The van der Waals surface area contributed by atoms with E-state index in [0.717, 1.165) is 5.56 Å². The molecular weight excluding hydrogens is 299 g/mol. The Hall–Kier alpha value is -1.62. The van der Waals surface area contributed by atoms with E-state index in [2.05, 4.69) is 15.9 Å². The van der Waals surface area contributed by atoms with Crippen LogP contribution in [0.4, 0.5) is 10.1 Å². The lowest BCUT2D eigenvalue weighted by atomic mass is 10.2. The first kappa shape index (κ1) is 12.8. The number of hydrogen-bond acceptors (Lipinski definition) is 2. The number of nitrogens with two attached hydrogens (primary N) is 1. The minimum absolute atomic E-state index is 0.169. The summed E-state index contributed by atoms with van der Waals surface area (Å²) in [7, 11) is 0. The minimum Gasteiger partial charge on any atom is -0.397 e. The molecule has 1 aromatic carbocycles. The molecule has 1 heterocycles. The van der Waals surface area contributed by atoms with Crippen molar-refractivity contribution in [1.82, 2.24) is 4.57 Å². The summed E-state index contributed by atoms with van der Waals surface area (Å²) in [6, 6.07) is 6.20. The van der Waals surface area contributed by atoms with Crippen molar-refractivity contribution < 1.29 is 4.39 Å². The second kappa shape index (κ2) is 4.94. The van der Waals surface area contributed by atoms with Gasteiger partial charge in [-0.1, -0.05) is 22.0 Å². The Morgan fingerprint density at radius 2 is 2.11 bits per heavy atom. The Bertz CT molecular complexity index is 652. The molecule has 0 unspecified atom stereocenters. The van der Waals surface area contributed by atoms with Gasteiger partial charge in [-0.15, -0.1) is 0 Å². The Morgan fingerprint density at radius 3 is 2.78 bits per heavy atom. The van der Waals surface area contributed by atoms with Gasteiger partial charge in [0.25, 0.3) is 5.56 Å². The van der Waals surface area contributed by atoms with Crippen molar-refractivity contribution in [3.05, 3.63) is 62.2 Å². The highest BCUT2D eigenvalue weighted by Crippen LogP contribution is 2.16. The highest BCUT2D eigenvalue weighted by Gasteiger charge is 2.06. The van der Waals surface area contributed by atoms with Crippen molar-refractivity contribution in [2.45, 2.75) is 13.5 Å². The van der Waals surface area contributed by atoms with E-state index in [1.165, 1.54) is 16.7 Å². The molecule has 5 heteroatoms. The minimum atomic E-state index is -0.351. The highest BCUT2D eigenvalue weighted by molar-refractivity contribution is 9.10. The second-order valence-electron chi connectivity index (χ2n) is 4.11. The van der Waals surface area contributed by atoms with E-state index in [9.17, 15) is 9.18 Å². The summed E-state index contributed by atoms with van der Waals surface area (Å²) < 4.78 is 15.7. The maximum Gasteiger partial charge on any atom is 0.251 e. The standard InChI is InChI=1S/C13H12BrFN2O/c1-8-4-13(18)17(7-12(8)16)6-9-2-3-10(14)5-11(9)15/h2-5,7H,6,16H2,1H3. The van der Waals surface area contributed by atoms with Crippen LogP contribution in [0.5, 0.6) is 0 Å². The fourth-order valence-electron chi connectivity index (χ4n) is 1.64. The van der Waals surface area contributed by atoms with Crippen molar-refractivity contribution in [3.8, 4) is 0 Å². The number of nitrogen functional groups attached to an aromatic ring is 1. The van der Waals surface area contributed by atoms with Gasteiger partial charge < -0.3 is 10.3 Å². The normalized spacial score (nSPS) is 10.6. The first-order chi connectivity index (χ1) is 8.47. The molecule has 0 aliphatic carbocycles. The van der Waals surface area contributed by atoms with Gasteiger partial charge >= 0.3 is 0 Å². The van der Waals surface area contributed by atoms with Crippen molar-refractivity contribution in [2.24, 2.45) is 0 Å². The third kappa shape index (κ3) is 2.61. The topological polar surface area (TPSA) is 48.0 Å². The van der Waals surface area contributed by atoms with Gasteiger partial charge in [-0.3, -0.25) is 4.79 Å². The number of pyridine rings is 1. The van der Waals surface area contributed by atoms with E-state index >= 15 is 0 Å². The summed E-state index contributed by atoms with van der Waals surface area (Å²) in [6.07, 6.45) is 1.54. The molecule has 2 aromatic rings. The van der Waals surface area contributed by atoms with E-state index in [4.69, 9.17) is 5.73 Å². The number of nitrogens with zero attached hydrogens (tertiary/aromatic N) is 1. The van der Waals surface area contributed by atoms with Gasteiger partial charge in [-0.2, -0.15) is 0 Å². The predicted octanol–water partition coefficient (Wildman–Crippen LogP) is 2.69. The number of halogens is 2. The molecule has 2 rings (SSSR count). The van der Waals surface area contributed by atoms with Gasteiger partial charge in [0, 0.05) is 22.3 Å². The summed E-state index contributed by atoms with van der Waals surface area (Å²) in [4.78, 5) is 11.8. The van der Waals surface area contributed by atoms with E-state index in [1.807, 2.05) is 0 Å². The molecule has 3 nitrogen and oxygen atoms in total. The zero-order chi connectivity index (χ0) is 13.3. The number of aryl methyl sites for hydroxylation is 1. The van der Waals surface area contributed by atoms with Crippen LogP contribution in [-0.4, -0.2) is 4.57 Å². The zero-order valence-corrected chi connectivity index (χ0v) is 11.4. The first-order valence-electron chi connectivity index (χ1n) is 5.38. The molecule has 0 aliphatic rings. The van der Waals surface area contributed by atoms with Crippen LogP contribution in [0.15, 0.2) is 39.7 Å². The molecule has 0 saturated heterocycles. The SMILES string of the molecule is Cc1cc(=O)n(Cc2ccc(Br)cc2F)cc1N. The number of benzene rings is 1. The van der Waals surface area contributed by atoms with Crippen molar-refractivity contribution in [3.63, 3.8) is 0 Å². The second-order valence-corrected chi connectivity index (χ2v) is 5.03. The van der Waals surface area contributed by atoms with Gasteiger partial charge in [0.1, 0.15) is 5.82 Å². The quantitative estimate of drug-likeness (QED) is 0.927. The lowest BCUT2D eigenvalue weighted by Gasteiger charge is -2.09. The van der Waals surface area contributed by atoms with E-state index < -0.39 is 0 Å². The largest absolute Gasteiger partial charge is 0.397 e. The van der Waals surface area contributed by atoms with E-state index in [1.54, 1.807) is 25.3 Å². The lowest BCUT2D eigenvalue weighted by molar-refractivity contribution is 0.595. The molecule has 1 aromatic heterocycles. The number of rotatable bonds is 2. The summed E-state index contributed by atoms with van der Waals surface area (Å²) >= 11 is 3.19. The lowest BCUT2D eigenvalue weighted by Crippen LogP contribution is -2.21. The van der Waals surface area contributed by atoms with Crippen LogP contribution < -0.4 is 11.3 Å². The predicted molar refractivity (Wildman–Crippen MR) is 73.1 cm³/mol. The fraction of sp³-hybridized carbons (Fsp3) is 0.154. The Kier molecular flexibility index (Phi) is 3.52. The van der Waals surface area contributed by atoms with Crippen LogP contribution in [0.1, 0.15) is 11.1 Å². The number of hydrogen-bond donors (Lipinski definition) is 1. The summed E-state index contributed by atoms with van der Waals surface area (Å²) in [6.45, 7) is 1.93. The van der Waals surface area contributed by atoms with Crippen LogP contribution in [0.25, 0.3) is 0 Å². The Morgan fingerprint density at radius 1 is 1.39 bits per heavy atom. The number of aromatic nitrogens is 1. The molecule has 0 bridgehead atoms. The molecule has 0 radical (unpaired) electrons. The maximum atomic E-state index is 13.7. The summed E-state index contributed by atoms with van der Waals surface area (Å²) in [5.74, 6) is -0.351. The third-order valence-corrected chi connectivity index (χ3v) is 3.22. The molecule has 0 amide bonds. The van der Waals surface area contributed by atoms with Gasteiger partial charge in [0.2, 0.25) is 0 Å². The van der Waals surface area contributed by atoms with Gasteiger partial charge in [0.15, 0.2) is 0 Å². The molecule has 0 atom stereocenters. The van der Waals surface area contributed by atoms with E-state index in [0.29, 0.717) is 15.7 Å². The van der Waals surface area contributed by atoms with Gasteiger partial charge in [0.05, 0.1) is 12.2 Å². The molecule has 94 valence electrons. The molecule has 2 N–H and O–H groups in total. The van der Waals surface area contributed by atoms with Crippen molar-refractivity contribution >= 4 is 21.6 Å². The molecule has 0 fully saturated rings. The molecule has 0 saturated carbocycles. The molecular formula is C13H12BrFN2O. The molecule has 0 aliphatic heterocycles. The monoisotopic (exact) mass is 310 g/mol. The highest BCUT2D eigenvalue weighted by atomic mass is 79.9. The van der Waals surface area contributed by atoms with Crippen molar-refractivity contribution in [1.29, 1.82) is 0 Å². The first-order valence-corrected chi connectivity index (χ1v) is 6.17. The van der Waals surface area contributed by atoms with E-state index in [-0.39, 0.29) is 17.9 Å². The average molecular weight is 311 g/mol. The maximum absolute atomic E-state index is 13.7. The van der Waals surface area contributed by atoms with Crippen LogP contribution >= 0.6 is 15.9 Å².